The molecule has 0 aromatic rings. The highest BCUT2D eigenvalue weighted by atomic mass is 16.2. The summed E-state index contributed by atoms with van der Waals surface area (Å²) in [7, 11) is 1.87. The summed E-state index contributed by atoms with van der Waals surface area (Å²) in [6.07, 6.45) is 2.40. The summed E-state index contributed by atoms with van der Waals surface area (Å²) < 4.78 is 0. The zero-order valence-corrected chi connectivity index (χ0v) is 12.4. The summed E-state index contributed by atoms with van der Waals surface area (Å²) in [5.41, 5.74) is 6.20. The van der Waals surface area contributed by atoms with Gasteiger partial charge in [-0.3, -0.25) is 4.79 Å². The SMILES string of the molecule is CC(C)CCN(C)C(=O)CC(N)CC(C)(C)C. The van der Waals surface area contributed by atoms with E-state index in [9.17, 15) is 4.79 Å². The normalized spacial score (nSPS) is 13.9. The summed E-state index contributed by atoms with van der Waals surface area (Å²) in [6.45, 7) is 11.6. The van der Waals surface area contributed by atoms with Crippen LogP contribution in [-0.4, -0.2) is 30.4 Å². The van der Waals surface area contributed by atoms with Crippen LogP contribution in [0.5, 0.6) is 0 Å². The fourth-order valence-electron chi connectivity index (χ4n) is 1.82. The van der Waals surface area contributed by atoms with Crippen molar-refractivity contribution in [3.8, 4) is 0 Å². The molecule has 1 unspecified atom stereocenters. The van der Waals surface area contributed by atoms with Crippen molar-refractivity contribution >= 4 is 5.91 Å². The molecule has 1 atom stereocenters. The minimum absolute atomic E-state index is 0.0241. The molecule has 3 heteroatoms. The van der Waals surface area contributed by atoms with Crippen LogP contribution in [0.3, 0.4) is 0 Å². The standard InChI is InChI=1S/C14H30N2O/c1-11(2)7-8-16(6)13(17)9-12(15)10-14(3,4)5/h11-12H,7-10,15H2,1-6H3. The maximum Gasteiger partial charge on any atom is 0.223 e. The van der Waals surface area contributed by atoms with Gasteiger partial charge in [0.2, 0.25) is 5.91 Å². The van der Waals surface area contributed by atoms with Gasteiger partial charge in [-0.05, 0) is 24.2 Å². The Morgan fingerprint density at radius 3 is 2.24 bits per heavy atom. The van der Waals surface area contributed by atoms with Crippen LogP contribution in [0.25, 0.3) is 0 Å². The van der Waals surface area contributed by atoms with E-state index >= 15 is 0 Å². The molecule has 0 aromatic carbocycles. The lowest BCUT2D eigenvalue weighted by Crippen LogP contribution is -2.36. The molecule has 0 fully saturated rings. The van der Waals surface area contributed by atoms with Gasteiger partial charge in [0, 0.05) is 26.1 Å². The highest BCUT2D eigenvalue weighted by Crippen LogP contribution is 2.21. The molecule has 2 N–H and O–H groups in total. The van der Waals surface area contributed by atoms with E-state index in [1.54, 1.807) is 0 Å². The minimum Gasteiger partial charge on any atom is -0.346 e. The number of hydrogen-bond acceptors (Lipinski definition) is 2. The molecule has 0 saturated carbocycles. The summed E-state index contributed by atoms with van der Waals surface area (Å²) >= 11 is 0. The van der Waals surface area contributed by atoms with Crippen molar-refractivity contribution in [3.63, 3.8) is 0 Å². The average Bonchev–Trinajstić information content (AvgIpc) is 2.10. The van der Waals surface area contributed by atoms with Gasteiger partial charge in [0.1, 0.15) is 0 Å². The number of carbonyl (C=O) groups excluding carboxylic acids is 1. The molecule has 102 valence electrons. The van der Waals surface area contributed by atoms with E-state index < -0.39 is 0 Å². The van der Waals surface area contributed by atoms with Crippen LogP contribution in [0.15, 0.2) is 0 Å². The van der Waals surface area contributed by atoms with Gasteiger partial charge in [0.25, 0.3) is 0 Å². The largest absolute Gasteiger partial charge is 0.346 e. The van der Waals surface area contributed by atoms with Gasteiger partial charge in [0.05, 0.1) is 0 Å². The Morgan fingerprint density at radius 2 is 1.82 bits per heavy atom. The molecule has 0 bridgehead atoms. The van der Waals surface area contributed by atoms with Crippen molar-refractivity contribution in [1.29, 1.82) is 0 Å². The molecule has 0 aliphatic carbocycles. The third-order valence-corrected chi connectivity index (χ3v) is 2.78. The summed E-state index contributed by atoms with van der Waals surface area (Å²) in [6, 6.07) is -0.0241. The molecule has 1 amide bonds. The van der Waals surface area contributed by atoms with E-state index in [0.717, 1.165) is 19.4 Å². The number of amides is 1. The van der Waals surface area contributed by atoms with Crippen molar-refractivity contribution in [2.45, 2.75) is 59.9 Å². The van der Waals surface area contributed by atoms with Gasteiger partial charge < -0.3 is 10.6 Å². The van der Waals surface area contributed by atoms with Crippen LogP contribution in [0.2, 0.25) is 0 Å². The van der Waals surface area contributed by atoms with Crippen LogP contribution >= 0.6 is 0 Å². The van der Waals surface area contributed by atoms with Crippen LogP contribution in [0.1, 0.15) is 53.9 Å². The van der Waals surface area contributed by atoms with E-state index in [2.05, 4.69) is 34.6 Å². The average molecular weight is 242 g/mol. The Morgan fingerprint density at radius 1 is 1.29 bits per heavy atom. The summed E-state index contributed by atoms with van der Waals surface area (Å²) in [5.74, 6) is 0.802. The van der Waals surface area contributed by atoms with E-state index in [1.807, 2.05) is 11.9 Å². The molecule has 0 aliphatic heterocycles. The number of hydrogen-bond donors (Lipinski definition) is 1. The smallest absolute Gasteiger partial charge is 0.223 e. The molecule has 0 aliphatic rings. The first kappa shape index (κ1) is 16.4. The molecule has 0 heterocycles. The van der Waals surface area contributed by atoms with Gasteiger partial charge in [-0.25, -0.2) is 0 Å². The molecular weight excluding hydrogens is 212 g/mol. The second-order valence-electron chi connectivity index (χ2n) is 6.73. The zero-order chi connectivity index (χ0) is 13.6. The number of nitrogens with two attached hydrogens (primary N) is 1. The molecule has 0 aromatic heterocycles. The molecule has 0 radical (unpaired) electrons. The van der Waals surface area contributed by atoms with Crippen LogP contribution in [0.4, 0.5) is 0 Å². The number of carbonyl (C=O) groups is 1. The maximum absolute atomic E-state index is 11.9. The quantitative estimate of drug-likeness (QED) is 0.778. The molecule has 0 spiro atoms. The predicted molar refractivity (Wildman–Crippen MR) is 73.8 cm³/mol. The molecule has 0 rings (SSSR count). The van der Waals surface area contributed by atoms with Crippen molar-refractivity contribution in [2.24, 2.45) is 17.1 Å². The summed E-state index contributed by atoms with van der Waals surface area (Å²) in [5, 5.41) is 0. The molecule has 0 saturated heterocycles. The van der Waals surface area contributed by atoms with Gasteiger partial charge in [-0.2, -0.15) is 0 Å². The van der Waals surface area contributed by atoms with Crippen molar-refractivity contribution in [3.05, 3.63) is 0 Å². The third kappa shape index (κ3) is 9.16. The number of nitrogens with zero attached hydrogens (tertiary/aromatic N) is 1. The van der Waals surface area contributed by atoms with Gasteiger partial charge in [-0.1, -0.05) is 34.6 Å². The Labute approximate surface area is 107 Å². The third-order valence-electron chi connectivity index (χ3n) is 2.78. The number of rotatable bonds is 6. The van der Waals surface area contributed by atoms with Crippen LogP contribution < -0.4 is 5.73 Å². The first-order valence-electron chi connectivity index (χ1n) is 6.61. The lowest BCUT2D eigenvalue weighted by atomic mass is 9.87. The van der Waals surface area contributed by atoms with E-state index in [4.69, 9.17) is 5.73 Å². The van der Waals surface area contributed by atoms with Gasteiger partial charge >= 0.3 is 0 Å². The van der Waals surface area contributed by atoms with Gasteiger partial charge in [-0.15, -0.1) is 0 Å². The highest BCUT2D eigenvalue weighted by molar-refractivity contribution is 5.76. The Bertz CT molecular complexity index is 231. The maximum atomic E-state index is 11.9. The fraction of sp³-hybridized carbons (Fsp3) is 0.929. The highest BCUT2D eigenvalue weighted by Gasteiger charge is 2.19. The van der Waals surface area contributed by atoms with Crippen molar-refractivity contribution < 1.29 is 4.79 Å². The first-order valence-corrected chi connectivity index (χ1v) is 6.61. The predicted octanol–water partition coefficient (Wildman–Crippen LogP) is 2.64. The van der Waals surface area contributed by atoms with E-state index in [-0.39, 0.29) is 17.4 Å². The van der Waals surface area contributed by atoms with Crippen LogP contribution in [0, 0.1) is 11.3 Å². The first-order chi connectivity index (χ1) is 7.61. The second-order valence-corrected chi connectivity index (χ2v) is 6.73. The lowest BCUT2D eigenvalue weighted by Gasteiger charge is -2.25. The van der Waals surface area contributed by atoms with Crippen molar-refractivity contribution in [2.75, 3.05) is 13.6 Å². The molecule has 17 heavy (non-hydrogen) atoms. The van der Waals surface area contributed by atoms with Crippen LogP contribution in [-0.2, 0) is 4.79 Å². The molecular formula is C14H30N2O. The monoisotopic (exact) mass is 242 g/mol. The topological polar surface area (TPSA) is 46.3 Å². The summed E-state index contributed by atoms with van der Waals surface area (Å²) in [4.78, 5) is 13.7. The van der Waals surface area contributed by atoms with Gasteiger partial charge in [0.15, 0.2) is 0 Å². The fourth-order valence-corrected chi connectivity index (χ4v) is 1.82. The zero-order valence-electron chi connectivity index (χ0n) is 12.4. The van der Waals surface area contributed by atoms with E-state index in [0.29, 0.717) is 12.3 Å². The Balaban J connectivity index is 3.99. The Kier molecular flexibility index (Phi) is 6.76. The molecule has 3 nitrogen and oxygen atoms in total. The Hall–Kier alpha value is -0.570. The van der Waals surface area contributed by atoms with E-state index in [1.165, 1.54) is 0 Å². The lowest BCUT2D eigenvalue weighted by molar-refractivity contribution is -0.130. The second kappa shape index (κ2) is 7.00. The minimum atomic E-state index is -0.0241. The van der Waals surface area contributed by atoms with Crippen molar-refractivity contribution in [1.82, 2.24) is 4.90 Å².